The predicted octanol–water partition coefficient (Wildman–Crippen LogP) is 5.29. The summed E-state index contributed by atoms with van der Waals surface area (Å²) in [6.07, 6.45) is 7.93. The van der Waals surface area contributed by atoms with Crippen LogP contribution in [-0.4, -0.2) is 26.4 Å². The highest BCUT2D eigenvalue weighted by atomic mass is 16.4. The second-order valence-corrected chi connectivity index (χ2v) is 9.83. The van der Waals surface area contributed by atoms with E-state index in [0.29, 0.717) is 37.8 Å². The molecule has 0 amide bonds. The summed E-state index contributed by atoms with van der Waals surface area (Å²) in [6, 6.07) is 11.9. The van der Waals surface area contributed by atoms with E-state index >= 15 is 0 Å². The molecule has 2 bridgehead atoms. The van der Waals surface area contributed by atoms with Crippen LogP contribution in [0.2, 0.25) is 0 Å². The molecule has 3 saturated carbocycles. The van der Waals surface area contributed by atoms with Crippen molar-refractivity contribution in [3.05, 3.63) is 66.3 Å². The van der Waals surface area contributed by atoms with Crippen molar-refractivity contribution in [2.45, 2.75) is 39.2 Å². The number of nitrogens with zero attached hydrogens (tertiary/aromatic N) is 2. The maximum atomic E-state index is 13.3. The van der Waals surface area contributed by atoms with Gasteiger partial charge in [-0.25, -0.2) is 0 Å². The van der Waals surface area contributed by atoms with Gasteiger partial charge in [-0.2, -0.15) is 0 Å². The maximum absolute atomic E-state index is 13.3. The number of aliphatic carboxylic acids is 1. The van der Waals surface area contributed by atoms with Crippen molar-refractivity contribution < 1.29 is 19.1 Å². The fourth-order valence-corrected chi connectivity index (χ4v) is 6.00. The van der Waals surface area contributed by atoms with Crippen LogP contribution >= 0.6 is 0 Å². The zero-order chi connectivity index (χ0) is 22.1. The van der Waals surface area contributed by atoms with Gasteiger partial charge in [0.1, 0.15) is 11.3 Å². The molecule has 0 aliphatic heterocycles. The summed E-state index contributed by atoms with van der Waals surface area (Å²) in [5.74, 6) is 0.370. The minimum Gasteiger partial charge on any atom is -0.481 e. The minimum absolute atomic E-state index is 0.0195. The van der Waals surface area contributed by atoms with Gasteiger partial charge >= 0.3 is 5.97 Å². The highest BCUT2D eigenvalue weighted by molar-refractivity contribution is 6.06. The Balaban J connectivity index is 1.26. The molecule has 3 heterocycles. The van der Waals surface area contributed by atoms with Gasteiger partial charge in [0.25, 0.3) is 0 Å². The Morgan fingerprint density at radius 1 is 1.16 bits per heavy atom. The number of fused-ring (bicyclic) bond motifs is 2. The average Bonchev–Trinajstić information content (AvgIpc) is 3.29. The number of hydrogen-bond acceptors (Lipinski definition) is 4. The quantitative estimate of drug-likeness (QED) is 0.404. The first-order valence-electron chi connectivity index (χ1n) is 11.1. The summed E-state index contributed by atoms with van der Waals surface area (Å²) in [6.45, 7) is 2.62. The van der Waals surface area contributed by atoms with E-state index in [-0.39, 0.29) is 17.1 Å². The third kappa shape index (κ3) is 2.68. The number of carboxylic acid groups (broad SMARTS) is 1. The maximum Gasteiger partial charge on any atom is 0.309 e. The molecule has 3 aliphatic carbocycles. The lowest BCUT2D eigenvalue weighted by Gasteiger charge is -2.70. The standard InChI is InChI=1S/C26H24N2O4/c1-16(25-13-26(14-25,15-25)24(30)31)8-21(29)20-11-27-10-18-6-7-28(23(18)20)12-19-9-17-4-2-3-5-22(17)32-19/h2-7,9-11,16H,8,12-15H2,1H3,(H,30,31)/t16-,25?,26?/m0/s1. The molecule has 162 valence electrons. The van der Waals surface area contributed by atoms with E-state index in [1.807, 2.05) is 47.2 Å². The number of rotatable bonds is 7. The predicted molar refractivity (Wildman–Crippen MR) is 120 cm³/mol. The van der Waals surface area contributed by atoms with Gasteiger partial charge in [-0.15, -0.1) is 0 Å². The van der Waals surface area contributed by atoms with Gasteiger partial charge < -0.3 is 14.1 Å². The molecule has 3 fully saturated rings. The van der Waals surface area contributed by atoms with E-state index in [9.17, 15) is 14.7 Å². The van der Waals surface area contributed by atoms with E-state index in [1.165, 1.54) is 0 Å². The molecule has 4 aromatic rings. The minimum atomic E-state index is -0.685. The normalized spacial score (nSPS) is 24.8. The van der Waals surface area contributed by atoms with E-state index in [2.05, 4.69) is 11.9 Å². The van der Waals surface area contributed by atoms with Crippen LogP contribution in [0.3, 0.4) is 0 Å². The molecule has 0 radical (unpaired) electrons. The van der Waals surface area contributed by atoms with Crippen molar-refractivity contribution in [3.63, 3.8) is 0 Å². The Morgan fingerprint density at radius 3 is 2.69 bits per heavy atom. The Bertz CT molecular complexity index is 1340. The number of hydrogen-bond donors (Lipinski definition) is 1. The van der Waals surface area contributed by atoms with Gasteiger partial charge in [0.15, 0.2) is 5.78 Å². The smallest absolute Gasteiger partial charge is 0.309 e. The number of furan rings is 1. The molecule has 1 atom stereocenters. The molecule has 6 heteroatoms. The van der Waals surface area contributed by atoms with Gasteiger partial charge in [-0.1, -0.05) is 25.1 Å². The monoisotopic (exact) mass is 428 g/mol. The van der Waals surface area contributed by atoms with Crippen LogP contribution in [0.5, 0.6) is 0 Å². The number of Topliss-reactive ketones (excluding diaryl/α,β-unsaturated/α-hetero) is 1. The Hall–Kier alpha value is -3.41. The number of para-hydroxylation sites is 1. The highest BCUT2D eigenvalue weighted by Crippen LogP contribution is 2.76. The second kappa shape index (κ2) is 6.55. The molecule has 0 spiro atoms. The third-order valence-corrected chi connectivity index (χ3v) is 7.83. The Morgan fingerprint density at radius 2 is 1.94 bits per heavy atom. The molecule has 3 aromatic heterocycles. The van der Waals surface area contributed by atoms with Gasteiger partial charge in [0.05, 0.1) is 23.0 Å². The summed E-state index contributed by atoms with van der Waals surface area (Å²) in [5.41, 5.74) is 1.85. The van der Waals surface area contributed by atoms with Gasteiger partial charge in [-0.3, -0.25) is 14.6 Å². The van der Waals surface area contributed by atoms with Gasteiger partial charge in [0.2, 0.25) is 0 Å². The number of aromatic nitrogens is 2. The van der Waals surface area contributed by atoms with Gasteiger partial charge in [-0.05, 0) is 48.8 Å². The van der Waals surface area contributed by atoms with Crippen LogP contribution in [0.1, 0.15) is 48.7 Å². The van der Waals surface area contributed by atoms with Crippen LogP contribution < -0.4 is 0 Å². The van der Waals surface area contributed by atoms with Crippen molar-refractivity contribution in [2.75, 3.05) is 0 Å². The molecular weight excluding hydrogens is 404 g/mol. The zero-order valence-electron chi connectivity index (χ0n) is 17.9. The second-order valence-electron chi connectivity index (χ2n) is 9.83. The summed E-state index contributed by atoms with van der Waals surface area (Å²) in [4.78, 5) is 29.1. The van der Waals surface area contributed by atoms with Crippen molar-refractivity contribution >= 4 is 33.6 Å². The third-order valence-electron chi connectivity index (χ3n) is 7.83. The molecule has 32 heavy (non-hydrogen) atoms. The molecule has 1 N–H and O–H groups in total. The lowest BCUT2D eigenvalue weighted by atomic mass is 9.32. The van der Waals surface area contributed by atoms with Crippen molar-refractivity contribution in [1.29, 1.82) is 0 Å². The van der Waals surface area contributed by atoms with Crippen molar-refractivity contribution in [2.24, 2.45) is 16.7 Å². The average molecular weight is 428 g/mol. The lowest BCUT2D eigenvalue weighted by molar-refractivity contribution is -0.239. The molecule has 3 aliphatic rings. The molecule has 0 unspecified atom stereocenters. The number of benzene rings is 1. The van der Waals surface area contributed by atoms with Crippen LogP contribution in [0, 0.1) is 16.7 Å². The fraction of sp³-hybridized carbons (Fsp3) is 0.346. The largest absolute Gasteiger partial charge is 0.481 e. The number of carbonyl (C=O) groups is 2. The summed E-state index contributed by atoms with van der Waals surface area (Å²) in [7, 11) is 0. The first-order chi connectivity index (χ1) is 15.4. The first kappa shape index (κ1) is 19.3. The fourth-order valence-electron chi connectivity index (χ4n) is 6.00. The van der Waals surface area contributed by atoms with E-state index in [1.54, 1.807) is 12.4 Å². The summed E-state index contributed by atoms with van der Waals surface area (Å²) < 4.78 is 8.04. The number of carbonyl (C=O) groups excluding carboxylic acids is 1. The number of carboxylic acids is 1. The van der Waals surface area contributed by atoms with Gasteiger partial charge in [0, 0.05) is 35.8 Å². The molecule has 1 aromatic carbocycles. The van der Waals surface area contributed by atoms with Crippen LogP contribution in [0.4, 0.5) is 0 Å². The number of ketones is 1. The summed E-state index contributed by atoms with van der Waals surface area (Å²) in [5, 5.41) is 11.4. The van der Waals surface area contributed by atoms with E-state index < -0.39 is 11.4 Å². The van der Waals surface area contributed by atoms with Crippen LogP contribution in [0.15, 0.2) is 59.4 Å². The lowest BCUT2D eigenvalue weighted by Crippen LogP contribution is -2.67. The summed E-state index contributed by atoms with van der Waals surface area (Å²) >= 11 is 0. The molecule has 7 rings (SSSR count). The SMILES string of the molecule is C[C@@H](CC(=O)c1cncc2ccn(Cc3cc4ccccc4o3)c12)C12CC(C(=O)O)(C1)C2. The zero-order valence-corrected chi connectivity index (χ0v) is 17.9. The van der Waals surface area contributed by atoms with Crippen LogP contribution in [0.25, 0.3) is 21.9 Å². The number of pyridine rings is 1. The molecule has 6 nitrogen and oxygen atoms in total. The van der Waals surface area contributed by atoms with E-state index in [0.717, 1.165) is 27.6 Å². The van der Waals surface area contributed by atoms with Crippen LogP contribution in [-0.2, 0) is 11.3 Å². The first-order valence-corrected chi connectivity index (χ1v) is 11.1. The van der Waals surface area contributed by atoms with E-state index in [4.69, 9.17) is 4.42 Å². The van der Waals surface area contributed by atoms with Crippen molar-refractivity contribution in [3.8, 4) is 0 Å². The highest BCUT2D eigenvalue weighted by Gasteiger charge is 2.73. The molecular formula is C26H24N2O4. The topological polar surface area (TPSA) is 85.3 Å². The van der Waals surface area contributed by atoms with Crippen molar-refractivity contribution in [1.82, 2.24) is 9.55 Å². The Labute approximate surface area is 184 Å². The molecule has 0 saturated heterocycles. The Kier molecular flexibility index (Phi) is 3.95.